The van der Waals surface area contributed by atoms with Crippen LogP contribution in [0.2, 0.25) is 0 Å². The van der Waals surface area contributed by atoms with Crippen LogP contribution in [0.15, 0.2) is 73.1 Å². The van der Waals surface area contributed by atoms with E-state index in [-0.39, 0.29) is 57.1 Å². The van der Waals surface area contributed by atoms with Gasteiger partial charge in [0, 0.05) is 12.4 Å². The van der Waals surface area contributed by atoms with Gasteiger partial charge in [0.25, 0.3) is 0 Å². The summed E-state index contributed by atoms with van der Waals surface area (Å²) in [7, 11) is 0. The van der Waals surface area contributed by atoms with Crippen LogP contribution in [0.5, 0.6) is 5.75 Å². The average Bonchev–Trinajstić information content (AvgIpc) is 2.49. The third-order valence-electron chi connectivity index (χ3n) is 3.08. The molecule has 0 aliphatic rings. The molecule has 94 valence electrons. The molecule has 0 fully saturated rings. The van der Waals surface area contributed by atoms with E-state index >= 15 is 0 Å². The summed E-state index contributed by atoms with van der Waals surface area (Å²) >= 11 is 0. The van der Waals surface area contributed by atoms with Crippen molar-refractivity contribution in [3.63, 3.8) is 0 Å². The van der Waals surface area contributed by atoms with Crippen LogP contribution in [0.25, 0.3) is 22.3 Å². The van der Waals surface area contributed by atoms with Gasteiger partial charge < -0.3 is 5.11 Å². The van der Waals surface area contributed by atoms with Crippen LogP contribution < -0.4 is 0 Å². The molecule has 1 aromatic heterocycles. The third-order valence-corrected chi connectivity index (χ3v) is 3.08. The summed E-state index contributed by atoms with van der Waals surface area (Å²) in [6.45, 7) is 0. The van der Waals surface area contributed by atoms with Gasteiger partial charge in [-0.15, -0.1) is 0 Å². The van der Waals surface area contributed by atoms with Gasteiger partial charge in [-0.05, 0) is 40.5 Å². The monoisotopic (exact) mass is 287 g/mol. The molecule has 2 aromatic carbocycles. The quantitative estimate of drug-likeness (QED) is 0.732. The zero-order valence-electron chi connectivity index (χ0n) is 10.3. The molecule has 0 aliphatic carbocycles. The molecule has 0 saturated carbocycles. The fraction of sp³-hybridized carbons (Fsp3) is 0. The van der Waals surface area contributed by atoms with Gasteiger partial charge in [0.05, 0.1) is 0 Å². The predicted octanol–water partition coefficient (Wildman–Crippen LogP) is 3.47. The Bertz CT molecular complexity index is 664. The van der Waals surface area contributed by atoms with Crippen molar-refractivity contribution in [3.8, 4) is 28.0 Å². The van der Waals surface area contributed by atoms with Crippen molar-refractivity contribution < 1.29 is 5.11 Å². The van der Waals surface area contributed by atoms with Crippen molar-refractivity contribution in [2.24, 2.45) is 0 Å². The molecule has 0 aliphatic heterocycles. The molecule has 0 amide bonds. The number of pyridine rings is 1. The second kappa shape index (κ2) is 7.15. The average molecular weight is 287 g/mol. The minimum absolute atomic E-state index is 0. The first-order chi connectivity index (χ1) is 9.33. The van der Waals surface area contributed by atoms with E-state index in [1.54, 1.807) is 18.3 Å². The standard InChI is InChI=1S/C17H13NO.K.H/c19-17-9-7-14(8-10-17)13-3-5-15(6-4-13)16-2-1-11-18-12-16;;/h1-12,19H;;. The van der Waals surface area contributed by atoms with E-state index in [9.17, 15) is 5.11 Å². The van der Waals surface area contributed by atoms with E-state index in [1.165, 1.54) is 0 Å². The van der Waals surface area contributed by atoms with Crippen molar-refractivity contribution in [3.05, 3.63) is 73.1 Å². The molecule has 0 saturated heterocycles. The summed E-state index contributed by atoms with van der Waals surface area (Å²) in [5, 5.41) is 9.29. The van der Waals surface area contributed by atoms with Gasteiger partial charge in [0.15, 0.2) is 0 Å². The Hall–Kier alpha value is -0.974. The predicted molar refractivity (Wildman–Crippen MR) is 83.9 cm³/mol. The fourth-order valence-corrected chi connectivity index (χ4v) is 2.04. The van der Waals surface area contributed by atoms with Crippen molar-refractivity contribution in [1.29, 1.82) is 0 Å². The maximum absolute atomic E-state index is 9.29. The Morgan fingerprint density at radius 2 is 1.15 bits per heavy atom. The number of phenolic OH excluding ortho intramolecular Hbond substituents is 1. The first-order valence-corrected chi connectivity index (χ1v) is 6.13. The molecule has 20 heavy (non-hydrogen) atoms. The Labute approximate surface area is 160 Å². The van der Waals surface area contributed by atoms with E-state index in [2.05, 4.69) is 29.2 Å². The first-order valence-electron chi connectivity index (χ1n) is 6.13. The molecule has 0 bridgehead atoms. The van der Waals surface area contributed by atoms with Gasteiger partial charge in [-0.25, -0.2) is 0 Å². The molecule has 0 radical (unpaired) electrons. The van der Waals surface area contributed by atoms with E-state index < -0.39 is 0 Å². The number of hydrogen-bond donors (Lipinski definition) is 1. The van der Waals surface area contributed by atoms with E-state index in [0.717, 1.165) is 22.3 Å². The maximum atomic E-state index is 9.29. The Kier molecular flexibility index (Phi) is 5.51. The van der Waals surface area contributed by atoms with E-state index in [4.69, 9.17) is 0 Å². The third kappa shape index (κ3) is 3.56. The van der Waals surface area contributed by atoms with Crippen LogP contribution in [0, 0.1) is 0 Å². The molecule has 2 nitrogen and oxygen atoms in total. The number of benzene rings is 2. The molecular weight excluding hydrogens is 273 g/mol. The van der Waals surface area contributed by atoms with Crippen LogP contribution in [0.1, 0.15) is 0 Å². The molecule has 1 N–H and O–H groups in total. The Morgan fingerprint density at radius 3 is 1.65 bits per heavy atom. The SMILES string of the molecule is Oc1ccc(-c2ccc(-c3cccnc3)cc2)cc1.[KH]. The van der Waals surface area contributed by atoms with Gasteiger partial charge in [0.1, 0.15) is 5.75 Å². The normalized spacial score (nSPS) is 9.80. The topological polar surface area (TPSA) is 33.1 Å². The van der Waals surface area contributed by atoms with Gasteiger partial charge >= 0.3 is 51.4 Å². The minimum atomic E-state index is 0. The number of aromatic nitrogens is 1. The van der Waals surface area contributed by atoms with Crippen LogP contribution in [-0.4, -0.2) is 61.5 Å². The number of phenols is 1. The summed E-state index contributed by atoms with van der Waals surface area (Å²) in [5.41, 5.74) is 4.48. The molecule has 3 aromatic rings. The van der Waals surface area contributed by atoms with Crippen molar-refractivity contribution in [2.45, 2.75) is 0 Å². The number of nitrogens with zero attached hydrogens (tertiary/aromatic N) is 1. The fourth-order valence-electron chi connectivity index (χ4n) is 2.04. The van der Waals surface area contributed by atoms with Crippen LogP contribution >= 0.6 is 0 Å². The van der Waals surface area contributed by atoms with Gasteiger partial charge in [-0.3, -0.25) is 4.98 Å². The summed E-state index contributed by atoms with van der Waals surface area (Å²) in [5.74, 6) is 0.288. The van der Waals surface area contributed by atoms with Crippen molar-refractivity contribution >= 4 is 51.4 Å². The second-order valence-electron chi connectivity index (χ2n) is 4.37. The van der Waals surface area contributed by atoms with Crippen LogP contribution in [-0.2, 0) is 0 Å². The van der Waals surface area contributed by atoms with Gasteiger partial charge in [-0.2, -0.15) is 0 Å². The summed E-state index contributed by atoms with van der Waals surface area (Å²) in [6.07, 6.45) is 3.63. The van der Waals surface area contributed by atoms with Gasteiger partial charge in [-0.1, -0.05) is 42.5 Å². The Morgan fingerprint density at radius 1 is 0.650 bits per heavy atom. The number of hydrogen-bond acceptors (Lipinski definition) is 2. The summed E-state index contributed by atoms with van der Waals surface area (Å²) in [6, 6.07) is 19.5. The van der Waals surface area contributed by atoms with E-state index in [0.29, 0.717) is 0 Å². The first kappa shape index (κ1) is 15.4. The zero-order chi connectivity index (χ0) is 13.1. The van der Waals surface area contributed by atoms with Crippen molar-refractivity contribution in [1.82, 2.24) is 4.98 Å². The molecule has 3 rings (SSSR count). The summed E-state index contributed by atoms with van der Waals surface area (Å²) < 4.78 is 0. The number of rotatable bonds is 2. The molecule has 0 unspecified atom stereocenters. The molecule has 0 atom stereocenters. The zero-order valence-corrected chi connectivity index (χ0v) is 10.3. The molecule has 0 spiro atoms. The summed E-state index contributed by atoms with van der Waals surface area (Å²) in [4.78, 5) is 4.12. The van der Waals surface area contributed by atoms with E-state index in [1.807, 2.05) is 30.5 Å². The van der Waals surface area contributed by atoms with Gasteiger partial charge in [0.2, 0.25) is 0 Å². The number of aromatic hydroxyl groups is 1. The molecule has 1 heterocycles. The molecular formula is C17H14KNO. The van der Waals surface area contributed by atoms with Crippen LogP contribution in [0.4, 0.5) is 0 Å². The molecule has 3 heteroatoms. The Balaban J connectivity index is 0.00000147. The second-order valence-corrected chi connectivity index (χ2v) is 4.37. The van der Waals surface area contributed by atoms with Crippen LogP contribution in [0.3, 0.4) is 0 Å². The van der Waals surface area contributed by atoms with Crippen molar-refractivity contribution in [2.75, 3.05) is 0 Å².